The molecule has 0 aromatic carbocycles. The number of H-pyrrole nitrogens is 1. The minimum atomic E-state index is -1.39. The Morgan fingerprint density at radius 3 is 2.29 bits per heavy atom. The zero-order chi connectivity index (χ0) is 18.4. The van der Waals surface area contributed by atoms with Crippen molar-refractivity contribution in [3.05, 3.63) is 44.0 Å². The minimum Gasteiger partial charge on any atom is -0.476 e. The monoisotopic (exact) mass is 342 g/mol. The van der Waals surface area contributed by atoms with Crippen molar-refractivity contribution in [1.82, 2.24) is 20.0 Å². The molecule has 0 fully saturated rings. The molecule has 14 nitrogen and oxygen atoms in total. The Kier molecular flexibility index (Phi) is 5.64. The number of aromatic amines is 1. The first-order valence-corrected chi connectivity index (χ1v) is 5.86. The van der Waals surface area contributed by atoms with Gasteiger partial charge in [0.05, 0.1) is 17.0 Å². The molecule has 0 unspecified atom stereocenters. The molecule has 2 rings (SSSR count). The normalized spacial score (nSPS) is 9.58. The van der Waals surface area contributed by atoms with E-state index in [4.69, 9.17) is 5.11 Å². The summed E-state index contributed by atoms with van der Waals surface area (Å²) in [5.41, 5.74) is -1.67. The molecule has 0 aliphatic heterocycles. The predicted octanol–water partition coefficient (Wildman–Crippen LogP) is 0.131. The van der Waals surface area contributed by atoms with Gasteiger partial charge in [-0.2, -0.15) is 10.2 Å². The molecule has 24 heavy (non-hydrogen) atoms. The van der Waals surface area contributed by atoms with Crippen molar-refractivity contribution in [2.45, 2.75) is 0 Å². The number of hydrogen-bond donors (Lipinski definition) is 2. The number of hydrogen-bond acceptors (Lipinski definition) is 9. The number of carbonyl (C=O) groups is 2. The molecule has 0 aliphatic carbocycles. The summed E-state index contributed by atoms with van der Waals surface area (Å²) in [6, 6.07) is 0. The average molecular weight is 342 g/mol. The summed E-state index contributed by atoms with van der Waals surface area (Å²) in [6.07, 6.45) is 2.00. The maximum Gasteiger partial charge on any atom is 0.365 e. The zero-order valence-corrected chi connectivity index (χ0v) is 12.2. The number of carboxylic acid groups (broad SMARTS) is 1. The fraction of sp³-hybridized carbons (Fsp3) is 0.200. The van der Waals surface area contributed by atoms with Gasteiger partial charge in [-0.05, 0) is 0 Å². The Morgan fingerprint density at radius 2 is 1.88 bits per heavy atom. The second-order valence-electron chi connectivity index (χ2n) is 3.98. The number of rotatable bonds is 4. The summed E-state index contributed by atoms with van der Waals surface area (Å²) >= 11 is 0. The predicted molar refractivity (Wildman–Crippen MR) is 73.4 cm³/mol. The molecule has 2 N–H and O–H groups in total. The highest BCUT2D eigenvalue weighted by Crippen LogP contribution is 2.16. The van der Waals surface area contributed by atoms with Crippen molar-refractivity contribution in [3.8, 4) is 0 Å². The number of nitrogens with one attached hydrogen (secondary N) is 1. The molecule has 128 valence electrons. The zero-order valence-electron chi connectivity index (χ0n) is 12.2. The number of ether oxygens (including phenoxy) is 1. The topological polar surface area (TPSA) is 196 Å². The molecule has 0 aliphatic rings. The smallest absolute Gasteiger partial charge is 0.365 e. The molecule has 0 bridgehead atoms. The van der Waals surface area contributed by atoms with Gasteiger partial charge in [0.2, 0.25) is 11.4 Å². The summed E-state index contributed by atoms with van der Waals surface area (Å²) in [5.74, 6) is -2.21. The summed E-state index contributed by atoms with van der Waals surface area (Å²) in [4.78, 5) is 40.1. The molecular formula is C10H10N6O8. The Bertz CT molecular complexity index is 765. The van der Waals surface area contributed by atoms with E-state index in [9.17, 15) is 29.8 Å². The highest BCUT2D eigenvalue weighted by molar-refractivity contribution is 5.91. The maximum absolute atomic E-state index is 10.9. The molecule has 14 heteroatoms. The second-order valence-corrected chi connectivity index (χ2v) is 3.98. The van der Waals surface area contributed by atoms with E-state index in [0.29, 0.717) is 0 Å². The lowest BCUT2D eigenvalue weighted by molar-refractivity contribution is -0.385. The molecule has 0 atom stereocenters. The summed E-state index contributed by atoms with van der Waals surface area (Å²) in [7, 11) is 2.63. The Hall–Kier alpha value is -3.84. The minimum absolute atomic E-state index is 0.282. The van der Waals surface area contributed by atoms with E-state index >= 15 is 0 Å². The average Bonchev–Trinajstić information content (AvgIpc) is 3.13. The van der Waals surface area contributed by atoms with Gasteiger partial charge in [-0.15, -0.1) is 0 Å². The van der Waals surface area contributed by atoms with Crippen molar-refractivity contribution in [2.75, 3.05) is 7.11 Å². The lowest BCUT2D eigenvalue weighted by Crippen LogP contribution is -2.05. The van der Waals surface area contributed by atoms with Crippen LogP contribution in [0.1, 0.15) is 21.0 Å². The molecule has 0 spiro atoms. The number of aryl methyl sites for hydroxylation is 1. The van der Waals surface area contributed by atoms with E-state index in [0.717, 1.165) is 19.5 Å². The van der Waals surface area contributed by atoms with Crippen LogP contribution in [-0.4, -0.2) is 54.0 Å². The van der Waals surface area contributed by atoms with E-state index < -0.39 is 33.2 Å². The van der Waals surface area contributed by atoms with Crippen molar-refractivity contribution in [1.29, 1.82) is 0 Å². The molecule has 2 aromatic rings. The fourth-order valence-electron chi connectivity index (χ4n) is 1.43. The van der Waals surface area contributed by atoms with Crippen LogP contribution >= 0.6 is 0 Å². The third-order valence-corrected chi connectivity index (χ3v) is 2.41. The highest BCUT2D eigenvalue weighted by Gasteiger charge is 2.25. The van der Waals surface area contributed by atoms with Gasteiger partial charge in [0.25, 0.3) is 0 Å². The highest BCUT2D eigenvalue weighted by atomic mass is 16.6. The fourth-order valence-corrected chi connectivity index (χ4v) is 1.43. The number of carboxylic acids is 1. The standard InChI is InChI=1S/C6H7N3O4.C4H3N3O4/c1-8-3-4(9(11)12)5(7-8)6(10)13-2;8-4(9)3-2(7(10)11)1-5-6-3/h3H,1-2H3;1H,(H,5,6)(H,8,9). The SMILES string of the molecule is COC(=O)c1nn(C)cc1[N+](=O)[O-].O=C(O)c1[nH]ncc1[N+](=O)[O-]. The van der Waals surface area contributed by atoms with Crippen LogP contribution in [0, 0.1) is 20.2 Å². The van der Waals surface area contributed by atoms with E-state index in [2.05, 4.69) is 14.9 Å². The largest absolute Gasteiger partial charge is 0.476 e. The van der Waals surface area contributed by atoms with Gasteiger partial charge in [-0.1, -0.05) is 0 Å². The van der Waals surface area contributed by atoms with Crippen LogP contribution in [0.25, 0.3) is 0 Å². The quantitative estimate of drug-likeness (QED) is 0.437. The lowest BCUT2D eigenvalue weighted by atomic mass is 10.4. The maximum atomic E-state index is 10.9. The third-order valence-electron chi connectivity index (χ3n) is 2.41. The number of carbonyl (C=O) groups excluding carboxylic acids is 1. The van der Waals surface area contributed by atoms with Crippen LogP contribution < -0.4 is 0 Å². The van der Waals surface area contributed by atoms with Gasteiger partial charge in [-0.25, -0.2) is 9.59 Å². The Labute approximate surface area is 131 Å². The van der Waals surface area contributed by atoms with E-state index in [1.165, 1.54) is 11.7 Å². The van der Waals surface area contributed by atoms with Crippen molar-refractivity contribution in [3.63, 3.8) is 0 Å². The van der Waals surface area contributed by atoms with Gasteiger partial charge < -0.3 is 9.84 Å². The molecule has 0 saturated heterocycles. The summed E-state index contributed by atoms with van der Waals surface area (Å²) in [5, 5.41) is 37.6. The van der Waals surface area contributed by atoms with Gasteiger partial charge in [0.1, 0.15) is 12.4 Å². The lowest BCUT2D eigenvalue weighted by Gasteiger charge is -1.92. The number of aromatic carboxylic acids is 1. The first-order valence-electron chi connectivity index (χ1n) is 5.86. The molecular weight excluding hydrogens is 332 g/mol. The molecule has 0 saturated carbocycles. The first-order chi connectivity index (χ1) is 11.2. The molecule has 0 radical (unpaired) electrons. The summed E-state index contributed by atoms with van der Waals surface area (Å²) in [6.45, 7) is 0. The van der Waals surface area contributed by atoms with Crippen LogP contribution in [0.15, 0.2) is 12.4 Å². The first kappa shape index (κ1) is 18.2. The summed E-state index contributed by atoms with van der Waals surface area (Å²) < 4.78 is 5.51. The van der Waals surface area contributed by atoms with Gasteiger partial charge in [-0.3, -0.25) is 30.0 Å². The molecule has 2 aromatic heterocycles. The van der Waals surface area contributed by atoms with Crippen LogP contribution in [0.2, 0.25) is 0 Å². The number of nitrogens with zero attached hydrogens (tertiary/aromatic N) is 5. The Balaban J connectivity index is 0.000000243. The molecule has 2 heterocycles. The second kappa shape index (κ2) is 7.43. The van der Waals surface area contributed by atoms with Crippen molar-refractivity contribution in [2.24, 2.45) is 7.05 Å². The third kappa shape index (κ3) is 4.09. The van der Waals surface area contributed by atoms with E-state index in [-0.39, 0.29) is 11.4 Å². The number of aromatic nitrogens is 4. The van der Waals surface area contributed by atoms with Gasteiger partial charge in [0, 0.05) is 7.05 Å². The van der Waals surface area contributed by atoms with E-state index in [1.54, 1.807) is 0 Å². The van der Waals surface area contributed by atoms with Crippen molar-refractivity contribution < 1.29 is 29.3 Å². The number of nitro groups is 2. The Morgan fingerprint density at radius 1 is 1.29 bits per heavy atom. The van der Waals surface area contributed by atoms with E-state index in [1.807, 2.05) is 5.10 Å². The van der Waals surface area contributed by atoms with Crippen LogP contribution in [0.5, 0.6) is 0 Å². The molecule has 0 amide bonds. The number of methoxy groups -OCH3 is 1. The number of esters is 1. The van der Waals surface area contributed by atoms with Gasteiger partial charge >= 0.3 is 23.3 Å². The van der Waals surface area contributed by atoms with Crippen LogP contribution in [0.4, 0.5) is 11.4 Å². The van der Waals surface area contributed by atoms with Crippen LogP contribution in [0.3, 0.4) is 0 Å². The van der Waals surface area contributed by atoms with Crippen LogP contribution in [-0.2, 0) is 11.8 Å². The van der Waals surface area contributed by atoms with Gasteiger partial charge in [0.15, 0.2) is 0 Å². The van der Waals surface area contributed by atoms with Crippen molar-refractivity contribution >= 4 is 23.3 Å².